The van der Waals surface area contributed by atoms with Crippen LogP contribution in [-0.2, 0) is 22.4 Å². The third-order valence-corrected chi connectivity index (χ3v) is 13.5. The van der Waals surface area contributed by atoms with E-state index in [0.29, 0.717) is 79.8 Å². The van der Waals surface area contributed by atoms with Crippen LogP contribution in [0.3, 0.4) is 0 Å². The van der Waals surface area contributed by atoms with Gasteiger partial charge in [-0.25, -0.2) is 38.7 Å². The van der Waals surface area contributed by atoms with Crippen LogP contribution in [0.25, 0.3) is 45.1 Å². The molecule has 0 unspecified atom stereocenters. The van der Waals surface area contributed by atoms with E-state index in [0.717, 1.165) is 63.8 Å². The van der Waals surface area contributed by atoms with Gasteiger partial charge in [-0.15, -0.1) is 0 Å². The highest BCUT2D eigenvalue weighted by atomic mass is 35.5. The molecule has 4 atom stereocenters. The zero-order valence-electron chi connectivity index (χ0n) is 31.0. The number of nitrogens with one attached hydrogen (secondary N) is 2. The van der Waals surface area contributed by atoms with Crippen LogP contribution in [0.1, 0.15) is 62.8 Å². The zero-order valence-corrected chi connectivity index (χ0v) is 32.5. The van der Waals surface area contributed by atoms with E-state index in [2.05, 4.69) is 50.3 Å². The van der Waals surface area contributed by atoms with Gasteiger partial charge in [0.1, 0.15) is 11.4 Å². The van der Waals surface area contributed by atoms with Crippen LogP contribution in [-0.4, -0.2) is 72.5 Å². The molecule has 6 aromatic rings. The van der Waals surface area contributed by atoms with Crippen molar-refractivity contribution in [2.75, 3.05) is 0 Å². The second-order valence-corrected chi connectivity index (χ2v) is 16.9. The summed E-state index contributed by atoms with van der Waals surface area (Å²) in [5, 5.41) is 35.7. The van der Waals surface area contributed by atoms with Crippen LogP contribution in [0.2, 0.25) is 10.0 Å². The molecule has 6 aromatic heterocycles. The van der Waals surface area contributed by atoms with E-state index in [4.69, 9.17) is 23.2 Å². The van der Waals surface area contributed by atoms with Crippen LogP contribution in [0.4, 0.5) is 8.78 Å². The van der Waals surface area contributed by atoms with Crippen LogP contribution in [0.5, 0.6) is 0 Å². The molecule has 4 bridgehead atoms. The maximum Gasteiger partial charge on any atom is 0.307 e. The minimum Gasteiger partial charge on any atom is -0.481 e. The number of halogens is 4. The lowest BCUT2D eigenvalue weighted by Crippen LogP contribution is -2.45. The minimum absolute atomic E-state index is 0.105. The maximum absolute atomic E-state index is 14.6. The smallest absolute Gasteiger partial charge is 0.307 e. The highest BCUT2D eigenvalue weighted by molar-refractivity contribution is 6.31. The second kappa shape index (κ2) is 15.5. The van der Waals surface area contributed by atoms with Crippen molar-refractivity contribution in [3.63, 3.8) is 0 Å². The van der Waals surface area contributed by atoms with E-state index in [1.807, 2.05) is 0 Å². The number of nitrogens with zero attached hydrogens (tertiary/aromatic N) is 8. The molecule has 0 spiro atoms. The quantitative estimate of drug-likeness (QED) is 0.116. The molecule has 12 rings (SSSR count). The average molecular weight is 832 g/mol. The molecule has 18 heteroatoms. The molecule has 0 aliphatic heterocycles. The Kier molecular flexibility index (Phi) is 10.2. The molecule has 300 valence electrons. The second-order valence-electron chi connectivity index (χ2n) is 16.0. The molecule has 14 nitrogen and oxygen atoms in total. The topological polar surface area (TPSA) is 209 Å². The van der Waals surface area contributed by atoms with E-state index >= 15 is 0 Å². The van der Waals surface area contributed by atoms with Crippen molar-refractivity contribution in [3.05, 3.63) is 70.0 Å². The van der Waals surface area contributed by atoms with Gasteiger partial charge in [-0.3, -0.25) is 19.8 Å². The standard InChI is InChI=1S/2C20H19ClFN5O2/c2*21-11-5-13-17(26-27-18(13)23-7-11)19-24-8-14(22)15(25-19)6-12-9-1-3-10(4-2-9)16(12)20(28)29/h2*5,7-10,12,16H,1-4,6H2,(H,28,29)(H,23,26,27)/t2*9?,10?,12-,16-/m10/s1. The normalized spacial score (nSPS) is 26.1. The summed E-state index contributed by atoms with van der Waals surface area (Å²) in [6.07, 6.45) is 13.7. The van der Waals surface area contributed by atoms with Gasteiger partial charge in [0.2, 0.25) is 0 Å². The number of aromatic nitrogens is 10. The summed E-state index contributed by atoms with van der Waals surface area (Å²) in [6, 6.07) is 3.41. The molecule has 4 N–H and O–H groups in total. The molecule has 6 fully saturated rings. The van der Waals surface area contributed by atoms with Gasteiger partial charge < -0.3 is 10.2 Å². The molecule has 6 saturated carbocycles. The van der Waals surface area contributed by atoms with E-state index in [1.165, 1.54) is 12.4 Å². The maximum atomic E-state index is 14.6. The van der Waals surface area contributed by atoms with Crippen LogP contribution >= 0.6 is 23.2 Å². The fourth-order valence-electron chi connectivity index (χ4n) is 10.4. The first-order valence-electron chi connectivity index (χ1n) is 19.5. The number of carboxylic acid groups (broad SMARTS) is 2. The third kappa shape index (κ3) is 7.14. The fourth-order valence-corrected chi connectivity index (χ4v) is 10.7. The highest BCUT2D eigenvalue weighted by Gasteiger charge is 2.48. The van der Waals surface area contributed by atoms with E-state index in [9.17, 15) is 28.6 Å². The number of hydrogen-bond donors (Lipinski definition) is 4. The minimum atomic E-state index is -0.778. The van der Waals surface area contributed by atoms with Crippen LogP contribution < -0.4 is 0 Å². The number of fused-ring (bicyclic) bond motifs is 8. The Balaban J connectivity index is 0.000000150. The van der Waals surface area contributed by atoms with Crippen LogP contribution in [0.15, 0.2) is 36.9 Å². The summed E-state index contributed by atoms with van der Waals surface area (Å²) < 4.78 is 29.2. The first-order chi connectivity index (χ1) is 28.0. The molecule has 0 saturated heterocycles. The van der Waals surface area contributed by atoms with Gasteiger partial charge in [0.15, 0.2) is 34.6 Å². The molecule has 6 heterocycles. The summed E-state index contributed by atoms with van der Waals surface area (Å²) in [7, 11) is 0. The number of aromatic amines is 2. The Hall–Kier alpha value is -5.22. The van der Waals surface area contributed by atoms with Crippen molar-refractivity contribution >= 4 is 57.2 Å². The van der Waals surface area contributed by atoms with Gasteiger partial charge >= 0.3 is 11.9 Å². The lowest BCUT2D eigenvalue weighted by atomic mass is 9.57. The van der Waals surface area contributed by atoms with Gasteiger partial charge in [-0.2, -0.15) is 10.2 Å². The summed E-state index contributed by atoms with van der Waals surface area (Å²) in [4.78, 5) is 49.2. The van der Waals surface area contributed by atoms with Gasteiger partial charge in [0, 0.05) is 12.4 Å². The lowest BCUT2D eigenvalue weighted by molar-refractivity contribution is -0.153. The number of aliphatic carboxylic acids is 2. The first kappa shape index (κ1) is 38.3. The Morgan fingerprint density at radius 3 is 1.36 bits per heavy atom. The Bertz CT molecular complexity index is 2360. The summed E-state index contributed by atoms with van der Waals surface area (Å²) >= 11 is 12.1. The summed E-state index contributed by atoms with van der Waals surface area (Å²) in [5.74, 6) is -2.12. The van der Waals surface area contributed by atoms with Crippen molar-refractivity contribution < 1.29 is 28.6 Å². The summed E-state index contributed by atoms with van der Waals surface area (Å²) in [5.41, 5.74) is 2.45. The number of pyridine rings is 2. The molecule has 6 aliphatic carbocycles. The highest BCUT2D eigenvalue weighted by Crippen LogP contribution is 2.51. The van der Waals surface area contributed by atoms with Gasteiger partial charge in [-0.05, 0) is 112 Å². The van der Waals surface area contributed by atoms with Crippen molar-refractivity contribution in [3.8, 4) is 23.0 Å². The van der Waals surface area contributed by atoms with Crippen LogP contribution in [0, 0.1) is 59.0 Å². The number of carbonyl (C=O) groups is 2. The SMILES string of the molecule is O=C(O)[C@@H]1C2CCC(CC2)[C@H]1Cc1nc(-c2[nH]nc3ncc(Cl)cc23)ncc1F.O=C(O)[C@H]1C2CCC(CC2)[C@@H]1Cc1nc(-c2[nH]nc3ncc(Cl)cc23)ncc1F. The van der Waals surface area contributed by atoms with Crippen molar-refractivity contribution in [1.29, 1.82) is 0 Å². The Morgan fingerprint density at radius 1 is 0.603 bits per heavy atom. The van der Waals surface area contributed by atoms with Gasteiger partial charge in [0.05, 0.1) is 56.4 Å². The molecular formula is C40H38Cl2F2N10O4. The van der Waals surface area contributed by atoms with Gasteiger partial charge in [-0.1, -0.05) is 23.2 Å². The molecular weight excluding hydrogens is 793 g/mol. The fraction of sp³-hybridized carbons (Fsp3) is 0.450. The Morgan fingerprint density at radius 2 is 0.983 bits per heavy atom. The molecule has 0 radical (unpaired) electrons. The number of hydrogen-bond acceptors (Lipinski definition) is 10. The van der Waals surface area contributed by atoms with Crippen molar-refractivity contribution in [1.82, 2.24) is 50.3 Å². The molecule has 0 aromatic carbocycles. The van der Waals surface area contributed by atoms with E-state index in [1.54, 1.807) is 12.1 Å². The average Bonchev–Trinajstić information content (AvgIpc) is 3.84. The van der Waals surface area contributed by atoms with E-state index < -0.39 is 35.4 Å². The molecule has 58 heavy (non-hydrogen) atoms. The largest absolute Gasteiger partial charge is 0.481 e. The summed E-state index contributed by atoms with van der Waals surface area (Å²) in [6.45, 7) is 0. The predicted molar refractivity (Wildman–Crippen MR) is 207 cm³/mol. The third-order valence-electron chi connectivity index (χ3n) is 13.0. The number of carboxylic acids is 2. The monoisotopic (exact) mass is 830 g/mol. The lowest BCUT2D eigenvalue weighted by Gasteiger charge is -2.46. The Labute approximate surface area is 339 Å². The molecule has 6 aliphatic rings. The van der Waals surface area contributed by atoms with E-state index in [-0.39, 0.29) is 35.1 Å². The number of rotatable bonds is 8. The molecule has 0 amide bonds. The van der Waals surface area contributed by atoms with Crippen molar-refractivity contribution in [2.24, 2.45) is 47.3 Å². The zero-order chi connectivity index (χ0) is 40.2. The number of H-pyrrole nitrogens is 2. The van der Waals surface area contributed by atoms with Crippen molar-refractivity contribution in [2.45, 2.75) is 64.2 Å². The first-order valence-corrected chi connectivity index (χ1v) is 20.3. The predicted octanol–water partition coefficient (Wildman–Crippen LogP) is 7.77. The van der Waals surface area contributed by atoms with Gasteiger partial charge in [0.25, 0.3) is 0 Å².